The molecule has 1 fully saturated rings. The maximum Gasteiger partial charge on any atom is 0.240 e. The van der Waals surface area contributed by atoms with Gasteiger partial charge >= 0.3 is 0 Å². The number of likely N-dealkylation sites (tertiary alicyclic amines) is 1. The predicted octanol–water partition coefficient (Wildman–Crippen LogP) is 0.605. The van der Waals surface area contributed by atoms with Crippen molar-refractivity contribution in [2.45, 2.75) is 25.8 Å². The van der Waals surface area contributed by atoms with E-state index in [2.05, 4.69) is 20.7 Å². The number of piperidine rings is 1. The zero-order valence-corrected chi connectivity index (χ0v) is 10.9. The van der Waals surface area contributed by atoms with Crippen molar-refractivity contribution in [2.24, 2.45) is 0 Å². The second kappa shape index (κ2) is 5.97. The number of hydrogen-bond donors (Lipinski definition) is 2. The maximum atomic E-state index is 11.8. The van der Waals surface area contributed by atoms with Gasteiger partial charge in [0.05, 0.1) is 12.2 Å². The Hall–Kier alpha value is -1.40. The van der Waals surface area contributed by atoms with Crippen LogP contribution in [0, 0.1) is 6.92 Å². The Morgan fingerprint density at radius 2 is 2.28 bits per heavy atom. The number of nitrogens with zero attached hydrogens (tertiary/aromatic N) is 2. The quantitative estimate of drug-likeness (QED) is 0.821. The zero-order valence-electron chi connectivity index (χ0n) is 10.9. The highest BCUT2D eigenvalue weighted by atomic mass is 16.5. The van der Waals surface area contributed by atoms with Crippen LogP contribution in [0.25, 0.3) is 0 Å². The van der Waals surface area contributed by atoms with E-state index in [1.165, 1.54) is 0 Å². The first-order valence-electron chi connectivity index (χ1n) is 6.30. The third kappa shape index (κ3) is 3.54. The van der Waals surface area contributed by atoms with E-state index in [4.69, 9.17) is 4.52 Å². The molecule has 1 aromatic heterocycles. The minimum absolute atomic E-state index is 0.0472. The van der Waals surface area contributed by atoms with Gasteiger partial charge in [-0.3, -0.25) is 15.0 Å². The molecule has 2 N–H and O–H groups in total. The Morgan fingerprint density at radius 1 is 1.56 bits per heavy atom. The van der Waals surface area contributed by atoms with E-state index in [0.29, 0.717) is 18.5 Å². The van der Waals surface area contributed by atoms with Crippen LogP contribution in [0.4, 0.5) is 5.88 Å². The van der Waals surface area contributed by atoms with Crippen molar-refractivity contribution >= 4 is 11.8 Å². The highest BCUT2D eigenvalue weighted by molar-refractivity contribution is 5.90. The van der Waals surface area contributed by atoms with Crippen molar-refractivity contribution in [2.75, 3.05) is 32.0 Å². The monoisotopic (exact) mass is 252 g/mol. The molecule has 1 amide bonds. The lowest BCUT2D eigenvalue weighted by atomic mass is 10.1. The Labute approximate surface area is 107 Å². The second-order valence-corrected chi connectivity index (χ2v) is 4.72. The fourth-order valence-corrected chi connectivity index (χ4v) is 2.18. The first-order valence-corrected chi connectivity index (χ1v) is 6.30. The maximum absolute atomic E-state index is 11.8. The molecule has 0 atom stereocenters. The Balaban J connectivity index is 1.75. The van der Waals surface area contributed by atoms with Crippen molar-refractivity contribution in [1.82, 2.24) is 15.4 Å². The summed E-state index contributed by atoms with van der Waals surface area (Å²) in [5.74, 6) is 0.372. The van der Waals surface area contributed by atoms with E-state index in [0.717, 1.165) is 31.6 Å². The number of carbonyl (C=O) groups excluding carboxylic acids is 1. The summed E-state index contributed by atoms with van der Waals surface area (Å²) >= 11 is 0. The number of nitrogens with one attached hydrogen (secondary N) is 2. The summed E-state index contributed by atoms with van der Waals surface area (Å²) < 4.78 is 4.95. The van der Waals surface area contributed by atoms with Crippen LogP contribution in [0.5, 0.6) is 0 Å². The van der Waals surface area contributed by atoms with Crippen LogP contribution >= 0.6 is 0 Å². The average Bonchev–Trinajstić information content (AvgIpc) is 2.75. The molecular formula is C12H20N4O2. The van der Waals surface area contributed by atoms with Crippen molar-refractivity contribution in [3.63, 3.8) is 0 Å². The van der Waals surface area contributed by atoms with Gasteiger partial charge in [0.25, 0.3) is 0 Å². The first kappa shape index (κ1) is 13.0. The summed E-state index contributed by atoms with van der Waals surface area (Å²) in [4.78, 5) is 13.9. The molecule has 18 heavy (non-hydrogen) atoms. The molecule has 0 aromatic carbocycles. The number of anilines is 1. The minimum atomic E-state index is -0.0472. The number of aromatic nitrogens is 1. The minimum Gasteiger partial charge on any atom is -0.338 e. The van der Waals surface area contributed by atoms with Crippen LogP contribution in [0.15, 0.2) is 10.6 Å². The molecule has 2 heterocycles. The average molecular weight is 252 g/mol. The van der Waals surface area contributed by atoms with Crippen molar-refractivity contribution < 1.29 is 9.32 Å². The van der Waals surface area contributed by atoms with Gasteiger partial charge in [-0.25, -0.2) is 0 Å². The molecule has 1 saturated heterocycles. The summed E-state index contributed by atoms with van der Waals surface area (Å²) in [6, 6.07) is 2.30. The van der Waals surface area contributed by atoms with Gasteiger partial charge in [-0.2, -0.15) is 0 Å². The number of amides is 1. The summed E-state index contributed by atoms with van der Waals surface area (Å²) in [5.41, 5.74) is 0.764. The van der Waals surface area contributed by atoms with E-state index >= 15 is 0 Å². The Morgan fingerprint density at radius 3 is 2.83 bits per heavy atom. The fraction of sp³-hybridized carbons (Fsp3) is 0.667. The number of hydrogen-bond acceptors (Lipinski definition) is 5. The van der Waals surface area contributed by atoms with Gasteiger partial charge in [-0.15, -0.1) is 0 Å². The number of aryl methyl sites for hydroxylation is 1. The van der Waals surface area contributed by atoms with Crippen molar-refractivity contribution in [1.29, 1.82) is 0 Å². The predicted molar refractivity (Wildman–Crippen MR) is 68.4 cm³/mol. The highest BCUT2D eigenvalue weighted by Crippen LogP contribution is 2.11. The molecule has 2 rings (SSSR count). The van der Waals surface area contributed by atoms with Crippen LogP contribution in [-0.4, -0.2) is 48.7 Å². The fourth-order valence-electron chi connectivity index (χ4n) is 2.18. The molecule has 0 radical (unpaired) electrons. The van der Waals surface area contributed by atoms with E-state index in [9.17, 15) is 4.79 Å². The smallest absolute Gasteiger partial charge is 0.240 e. The Bertz CT molecular complexity index is 397. The number of rotatable bonds is 4. The molecule has 0 aliphatic carbocycles. The van der Waals surface area contributed by atoms with Gasteiger partial charge in [0.1, 0.15) is 0 Å². The lowest BCUT2D eigenvalue weighted by Crippen LogP contribution is -2.44. The first-order chi connectivity index (χ1) is 8.67. The van der Waals surface area contributed by atoms with Crippen LogP contribution < -0.4 is 10.6 Å². The molecule has 6 nitrogen and oxygen atoms in total. The largest absolute Gasteiger partial charge is 0.338 e. The van der Waals surface area contributed by atoms with E-state index in [-0.39, 0.29) is 5.91 Å². The van der Waals surface area contributed by atoms with E-state index in [1.807, 2.05) is 14.0 Å². The third-order valence-electron chi connectivity index (χ3n) is 3.25. The van der Waals surface area contributed by atoms with Gasteiger partial charge in [0.15, 0.2) is 0 Å². The normalized spacial score (nSPS) is 17.9. The molecule has 0 bridgehead atoms. The highest BCUT2D eigenvalue weighted by Gasteiger charge is 2.19. The SMILES string of the molecule is CNC1CCN(CC(=O)Nc2cc(C)no2)CC1. The summed E-state index contributed by atoms with van der Waals surface area (Å²) in [7, 11) is 1.99. The van der Waals surface area contributed by atoms with Crippen LogP contribution in [0.1, 0.15) is 18.5 Å². The zero-order chi connectivity index (χ0) is 13.0. The summed E-state index contributed by atoms with van der Waals surface area (Å²) in [6.45, 7) is 4.14. The van der Waals surface area contributed by atoms with Gasteiger partial charge in [-0.1, -0.05) is 5.16 Å². The molecule has 6 heteroatoms. The summed E-state index contributed by atoms with van der Waals surface area (Å²) in [6.07, 6.45) is 2.18. The topological polar surface area (TPSA) is 70.4 Å². The van der Waals surface area contributed by atoms with Crippen molar-refractivity contribution in [3.05, 3.63) is 11.8 Å². The molecule has 100 valence electrons. The molecule has 0 spiro atoms. The van der Waals surface area contributed by atoms with Crippen LogP contribution in [0.3, 0.4) is 0 Å². The van der Waals surface area contributed by atoms with E-state index in [1.54, 1.807) is 6.07 Å². The van der Waals surface area contributed by atoms with Gasteiger partial charge < -0.3 is 9.84 Å². The lowest BCUT2D eigenvalue weighted by molar-refractivity contribution is -0.117. The standard InChI is InChI=1S/C12H20N4O2/c1-9-7-12(18-15-9)14-11(17)8-16-5-3-10(13-2)4-6-16/h7,10,13H,3-6,8H2,1-2H3,(H,14,17). The molecule has 1 aliphatic rings. The molecule has 0 unspecified atom stereocenters. The second-order valence-electron chi connectivity index (χ2n) is 4.72. The molecule has 1 aliphatic heterocycles. The molecule has 0 saturated carbocycles. The molecule has 1 aromatic rings. The third-order valence-corrected chi connectivity index (χ3v) is 3.25. The van der Waals surface area contributed by atoms with Crippen LogP contribution in [-0.2, 0) is 4.79 Å². The van der Waals surface area contributed by atoms with E-state index < -0.39 is 0 Å². The van der Waals surface area contributed by atoms with Gasteiger partial charge in [0.2, 0.25) is 11.8 Å². The Kier molecular flexibility index (Phi) is 4.33. The summed E-state index contributed by atoms with van der Waals surface area (Å²) in [5, 5.41) is 9.71. The lowest BCUT2D eigenvalue weighted by Gasteiger charge is -2.30. The van der Waals surface area contributed by atoms with Crippen LogP contribution in [0.2, 0.25) is 0 Å². The van der Waals surface area contributed by atoms with Crippen molar-refractivity contribution in [3.8, 4) is 0 Å². The van der Waals surface area contributed by atoms with Gasteiger partial charge in [0, 0.05) is 25.2 Å². The number of carbonyl (C=O) groups is 1. The molecular weight excluding hydrogens is 232 g/mol. The van der Waals surface area contributed by atoms with Gasteiger partial charge in [-0.05, 0) is 26.8 Å².